The van der Waals surface area contributed by atoms with Gasteiger partial charge >= 0.3 is 0 Å². The first-order chi connectivity index (χ1) is 14.6. The Morgan fingerprint density at radius 1 is 1.17 bits per heavy atom. The quantitative estimate of drug-likeness (QED) is 0.583. The first-order valence-electron chi connectivity index (χ1n) is 10.2. The van der Waals surface area contributed by atoms with Crippen molar-refractivity contribution in [3.8, 4) is 22.9 Å². The van der Waals surface area contributed by atoms with Gasteiger partial charge in [0.05, 0.1) is 19.6 Å². The van der Waals surface area contributed by atoms with Crippen LogP contribution in [0.5, 0.6) is 11.5 Å². The molecule has 1 aliphatic heterocycles. The number of anilines is 1. The Morgan fingerprint density at radius 3 is 2.77 bits per heavy atom. The summed E-state index contributed by atoms with van der Waals surface area (Å²) in [5, 5.41) is 4.13. The summed E-state index contributed by atoms with van der Waals surface area (Å²) in [7, 11) is 1.59. The van der Waals surface area contributed by atoms with E-state index < -0.39 is 0 Å². The molecule has 2 heterocycles. The topological polar surface area (TPSA) is 77.7 Å². The van der Waals surface area contributed by atoms with Gasteiger partial charge in [0.25, 0.3) is 0 Å². The van der Waals surface area contributed by atoms with Crippen LogP contribution in [0.2, 0.25) is 0 Å². The summed E-state index contributed by atoms with van der Waals surface area (Å²) in [6.45, 7) is 5.09. The first kappa shape index (κ1) is 19.9. The molecular weight excluding hydrogens is 382 g/mol. The molecule has 156 valence electrons. The molecule has 2 aromatic carbocycles. The molecule has 0 bridgehead atoms. The minimum Gasteiger partial charge on any atom is -0.493 e. The molecule has 3 aromatic rings. The number of carbonyl (C=O) groups excluding carboxylic acids is 1. The minimum atomic E-state index is -0.131. The third kappa shape index (κ3) is 3.75. The highest BCUT2D eigenvalue weighted by Crippen LogP contribution is 2.35. The maximum absolute atomic E-state index is 12.7. The van der Waals surface area contributed by atoms with Crippen molar-refractivity contribution < 1.29 is 18.8 Å². The molecule has 7 heteroatoms. The number of carbonyl (C=O) groups is 1. The molecule has 0 radical (unpaired) electrons. The third-order valence-corrected chi connectivity index (χ3v) is 5.30. The Balaban J connectivity index is 1.56. The van der Waals surface area contributed by atoms with Crippen LogP contribution >= 0.6 is 0 Å². The van der Waals surface area contributed by atoms with Gasteiger partial charge in [-0.25, -0.2) is 0 Å². The number of para-hydroxylation sites is 1. The van der Waals surface area contributed by atoms with Gasteiger partial charge in [-0.05, 0) is 43.2 Å². The predicted octanol–water partition coefficient (Wildman–Crippen LogP) is 4.23. The van der Waals surface area contributed by atoms with E-state index in [2.05, 4.69) is 23.1 Å². The lowest BCUT2D eigenvalue weighted by atomic mass is 10.1. The number of aryl methyl sites for hydroxylation is 1. The smallest absolute Gasteiger partial charge is 0.232 e. The van der Waals surface area contributed by atoms with E-state index in [0.717, 1.165) is 23.2 Å². The lowest BCUT2D eigenvalue weighted by Crippen LogP contribution is -2.25. The number of nitrogens with zero attached hydrogens (tertiary/aromatic N) is 3. The van der Waals surface area contributed by atoms with Gasteiger partial charge in [-0.2, -0.15) is 4.98 Å². The van der Waals surface area contributed by atoms with Crippen LogP contribution in [0.25, 0.3) is 11.4 Å². The molecule has 1 fully saturated rings. The highest BCUT2D eigenvalue weighted by Gasteiger charge is 2.35. The Bertz CT molecular complexity index is 1050. The minimum absolute atomic E-state index is 0.0726. The van der Waals surface area contributed by atoms with E-state index in [9.17, 15) is 4.79 Å². The zero-order valence-corrected chi connectivity index (χ0v) is 17.4. The van der Waals surface area contributed by atoms with Gasteiger partial charge < -0.3 is 18.9 Å². The van der Waals surface area contributed by atoms with Crippen molar-refractivity contribution in [2.45, 2.75) is 32.6 Å². The highest BCUT2D eigenvalue weighted by molar-refractivity contribution is 5.97. The van der Waals surface area contributed by atoms with Gasteiger partial charge in [0, 0.05) is 24.2 Å². The largest absolute Gasteiger partial charge is 0.493 e. The first-order valence-corrected chi connectivity index (χ1v) is 10.2. The molecule has 4 rings (SSSR count). The summed E-state index contributed by atoms with van der Waals surface area (Å²) in [5.74, 6) is 2.16. The molecule has 1 atom stereocenters. The summed E-state index contributed by atoms with van der Waals surface area (Å²) in [5.41, 5.74) is 2.88. The van der Waals surface area contributed by atoms with Gasteiger partial charge in [-0.15, -0.1) is 0 Å². The van der Waals surface area contributed by atoms with Gasteiger partial charge in [0.15, 0.2) is 11.5 Å². The molecular formula is C23H25N3O4. The molecule has 0 aliphatic carbocycles. The lowest BCUT2D eigenvalue weighted by molar-refractivity contribution is -0.117. The summed E-state index contributed by atoms with van der Waals surface area (Å²) >= 11 is 0. The normalized spacial score (nSPS) is 16.2. The van der Waals surface area contributed by atoms with Crippen LogP contribution in [0, 0.1) is 0 Å². The fourth-order valence-corrected chi connectivity index (χ4v) is 3.78. The van der Waals surface area contributed by atoms with Crippen molar-refractivity contribution in [2.24, 2.45) is 0 Å². The maximum Gasteiger partial charge on any atom is 0.232 e. The maximum atomic E-state index is 12.7. The van der Waals surface area contributed by atoms with Crippen molar-refractivity contribution in [2.75, 3.05) is 25.2 Å². The summed E-state index contributed by atoms with van der Waals surface area (Å²) in [6.07, 6.45) is 1.22. The Morgan fingerprint density at radius 2 is 2.00 bits per heavy atom. The van der Waals surface area contributed by atoms with E-state index in [1.54, 1.807) is 7.11 Å². The van der Waals surface area contributed by atoms with Crippen LogP contribution in [-0.2, 0) is 11.2 Å². The van der Waals surface area contributed by atoms with E-state index in [0.29, 0.717) is 42.8 Å². The van der Waals surface area contributed by atoms with E-state index in [1.165, 1.54) is 0 Å². The number of ether oxygens (including phenoxy) is 2. The van der Waals surface area contributed by atoms with Crippen LogP contribution < -0.4 is 14.4 Å². The second-order valence-corrected chi connectivity index (χ2v) is 7.14. The van der Waals surface area contributed by atoms with Crippen LogP contribution in [0.15, 0.2) is 47.0 Å². The average Bonchev–Trinajstić information content (AvgIpc) is 3.41. The molecule has 1 aliphatic rings. The van der Waals surface area contributed by atoms with Gasteiger partial charge in [-0.1, -0.05) is 30.3 Å². The molecule has 1 amide bonds. The van der Waals surface area contributed by atoms with Crippen molar-refractivity contribution in [3.63, 3.8) is 0 Å². The lowest BCUT2D eigenvalue weighted by Gasteiger charge is -2.19. The number of amides is 1. The summed E-state index contributed by atoms with van der Waals surface area (Å²) < 4.78 is 16.5. The van der Waals surface area contributed by atoms with E-state index in [1.807, 2.05) is 48.2 Å². The zero-order valence-electron chi connectivity index (χ0n) is 17.4. The average molecular weight is 407 g/mol. The number of rotatable bonds is 7. The molecule has 1 saturated heterocycles. The molecule has 0 N–H and O–H groups in total. The number of hydrogen-bond acceptors (Lipinski definition) is 6. The Kier molecular flexibility index (Phi) is 5.70. The molecule has 0 spiro atoms. The van der Waals surface area contributed by atoms with E-state index in [4.69, 9.17) is 14.0 Å². The van der Waals surface area contributed by atoms with Gasteiger partial charge in [0.2, 0.25) is 17.6 Å². The third-order valence-electron chi connectivity index (χ3n) is 5.30. The monoisotopic (exact) mass is 407 g/mol. The fraction of sp³-hybridized carbons (Fsp3) is 0.348. The van der Waals surface area contributed by atoms with Crippen molar-refractivity contribution in [3.05, 3.63) is 53.9 Å². The van der Waals surface area contributed by atoms with Crippen molar-refractivity contribution >= 4 is 11.6 Å². The van der Waals surface area contributed by atoms with E-state index in [-0.39, 0.29) is 11.8 Å². The molecule has 7 nitrogen and oxygen atoms in total. The predicted molar refractivity (Wildman–Crippen MR) is 113 cm³/mol. The van der Waals surface area contributed by atoms with Crippen LogP contribution in [0.4, 0.5) is 5.69 Å². The number of aromatic nitrogens is 2. The fourth-order valence-electron chi connectivity index (χ4n) is 3.78. The second-order valence-electron chi connectivity index (χ2n) is 7.14. The summed E-state index contributed by atoms with van der Waals surface area (Å²) in [4.78, 5) is 19.1. The van der Waals surface area contributed by atoms with Crippen molar-refractivity contribution in [1.29, 1.82) is 0 Å². The second kappa shape index (κ2) is 8.57. The Labute approximate surface area is 175 Å². The van der Waals surface area contributed by atoms with Crippen LogP contribution in [0.3, 0.4) is 0 Å². The molecule has 0 saturated carbocycles. The summed E-state index contributed by atoms with van der Waals surface area (Å²) in [6, 6.07) is 13.5. The van der Waals surface area contributed by atoms with Gasteiger partial charge in [-0.3, -0.25) is 4.79 Å². The number of hydrogen-bond donors (Lipinski definition) is 0. The van der Waals surface area contributed by atoms with Gasteiger partial charge in [0.1, 0.15) is 0 Å². The number of benzene rings is 2. The van der Waals surface area contributed by atoms with Crippen LogP contribution in [-0.4, -0.2) is 36.3 Å². The highest BCUT2D eigenvalue weighted by atomic mass is 16.5. The Hall–Kier alpha value is -3.35. The molecule has 30 heavy (non-hydrogen) atoms. The zero-order chi connectivity index (χ0) is 21.1. The molecule has 1 unspecified atom stereocenters. The molecule has 1 aromatic heterocycles. The SMILES string of the molecule is CCOc1ccc(-c2noc(C3CC(=O)N(c4ccccc4CC)C3)n2)cc1OC. The van der Waals surface area contributed by atoms with Crippen molar-refractivity contribution in [1.82, 2.24) is 10.1 Å². The standard InChI is InChI=1S/C23H25N3O4/c1-4-15-8-6-7-9-18(15)26-14-17(13-21(26)27)23-24-22(25-30-23)16-10-11-19(29-5-2)20(12-16)28-3/h6-12,17H,4-5,13-14H2,1-3H3. The van der Waals surface area contributed by atoms with Crippen LogP contribution in [0.1, 0.15) is 37.6 Å². The number of methoxy groups -OCH3 is 1. The van der Waals surface area contributed by atoms with E-state index >= 15 is 0 Å².